The number of aromatic amines is 2. The van der Waals surface area contributed by atoms with Crippen LogP contribution >= 0.6 is 0 Å². The number of carbonyl (C=O) groups is 1. The van der Waals surface area contributed by atoms with E-state index < -0.39 is 0 Å². The maximum atomic E-state index is 12.8. The van der Waals surface area contributed by atoms with E-state index in [1.807, 2.05) is 13.8 Å². The van der Waals surface area contributed by atoms with Crippen LogP contribution in [0.3, 0.4) is 0 Å². The number of H-pyrrole nitrogens is 2. The van der Waals surface area contributed by atoms with Gasteiger partial charge in [0.1, 0.15) is 0 Å². The van der Waals surface area contributed by atoms with Crippen LogP contribution in [0, 0.1) is 0 Å². The van der Waals surface area contributed by atoms with Crippen LogP contribution in [0.15, 0.2) is 17.2 Å². The Hall–Kier alpha value is -2.38. The standard InChI is InChI=1S/C14H20N6O2/c1-9(2)20-8-10(7-15-20)13(21)19-6-4-3-5-11(19)12-16-14(22)18-17-12/h7-9,11H,3-6H2,1-2H3,(H2,16,17,18,22)/t11-/m1/s1. The summed E-state index contributed by atoms with van der Waals surface area (Å²) in [5, 5.41) is 10.6. The Morgan fingerprint density at radius 3 is 2.86 bits per heavy atom. The molecule has 0 saturated carbocycles. The molecule has 3 heterocycles. The topological polar surface area (TPSA) is 99.7 Å². The summed E-state index contributed by atoms with van der Waals surface area (Å²) < 4.78 is 1.77. The van der Waals surface area contributed by atoms with Gasteiger partial charge in [0.25, 0.3) is 5.91 Å². The molecule has 8 nitrogen and oxygen atoms in total. The second-order valence-corrected chi connectivity index (χ2v) is 5.88. The fourth-order valence-electron chi connectivity index (χ4n) is 2.80. The van der Waals surface area contributed by atoms with E-state index in [2.05, 4.69) is 20.3 Å². The summed E-state index contributed by atoms with van der Waals surface area (Å²) in [6, 6.07) is 0.0176. The van der Waals surface area contributed by atoms with Crippen LogP contribution in [0.25, 0.3) is 0 Å². The number of nitrogens with one attached hydrogen (secondary N) is 2. The third-order valence-electron chi connectivity index (χ3n) is 3.98. The van der Waals surface area contributed by atoms with Gasteiger partial charge in [0.05, 0.1) is 17.8 Å². The number of rotatable bonds is 3. The van der Waals surface area contributed by atoms with Crippen molar-refractivity contribution in [2.75, 3.05) is 6.54 Å². The molecular formula is C14H20N6O2. The first kappa shape index (κ1) is 14.6. The summed E-state index contributed by atoms with van der Waals surface area (Å²) in [7, 11) is 0. The summed E-state index contributed by atoms with van der Waals surface area (Å²) in [4.78, 5) is 28.5. The molecule has 0 bridgehead atoms. The van der Waals surface area contributed by atoms with Gasteiger partial charge in [-0.2, -0.15) is 10.2 Å². The average Bonchev–Trinajstić information content (AvgIpc) is 3.15. The van der Waals surface area contributed by atoms with Crippen molar-refractivity contribution >= 4 is 5.91 Å². The second-order valence-electron chi connectivity index (χ2n) is 5.88. The molecule has 0 unspecified atom stereocenters. The highest BCUT2D eigenvalue weighted by Gasteiger charge is 2.31. The Bertz CT molecular complexity index is 713. The van der Waals surface area contributed by atoms with E-state index in [0.717, 1.165) is 19.3 Å². The van der Waals surface area contributed by atoms with Crippen LogP contribution in [0.2, 0.25) is 0 Å². The molecule has 3 rings (SSSR count). The van der Waals surface area contributed by atoms with Crippen LogP contribution < -0.4 is 5.69 Å². The molecule has 2 aromatic heterocycles. The van der Waals surface area contributed by atoms with E-state index in [9.17, 15) is 9.59 Å². The molecular weight excluding hydrogens is 284 g/mol. The van der Waals surface area contributed by atoms with Gasteiger partial charge in [-0.1, -0.05) is 0 Å². The van der Waals surface area contributed by atoms with Crippen molar-refractivity contribution in [3.63, 3.8) is 0 Å². The lowest BCUT2D eigenvalue weighted by atomic mass is 10.0. The zero-order chi connectivity index (χ0) is 15.7. The Morgan fingerprint density at radius 2 is 2.23 bits per heavy atom. The predicted octanol–water partition coefficient (Wildman–Crippen LogP) is 1.24. The molecule has 0 radical (unpaired) electrons. The molecule has 2 aromatic rings. The van der Waals surface area contributed by atoms with Crippen LogP contribution in [-0.4, -0.2) is 42.3 Å². The quantitative estimate of drug-likeness (QED) is 0.891. The summed E-state index contributed by atoms with van der Waals surface area (Å²) >= 11 is 0. The second kappa shape index (κ2) is 5.78. The molecule has 1 aliphatic heterocycles. The minimum Gasteiger partial charge on any atom is -0.328 e. The molecule has 118 valence electrons. The SMILES string of the molecule is CC(C)n1cc(C(=O)N2CCCC[C@@H]2c2n[nH]c(=O)[nH]2)cn1. The highest BCUT2D eigenvalue weighted by molar-refractivity contribution is 5.94. The van der Waals surface area contributed by atoms with Crippen LogP contribution in [0.1, 0.15) is 61.4 Å². The van der Waals surface area contributed by atoms with Gasteiger partial charge in [-0.15, -0.1) is 0 Å². The van der Waals surface area contributed by atoms with E-state index in [1.165, 1.54) is 0 Å². The maximum absolute atomic E-state index is 12.8. The molecule has 22 heavy (non-hydrogen) atoms. The average molecular weight is 304 g/mol. The van der Waals surface area contributed by atoms with Gasteiger partial charge < -0.3 is 4.90 Å². The van der Waals surface area contributed by atoms with E-state index >= 15 is 0 Å². The molecule has 0 spiro atoms. The van der Waals surface area contributed by atoms with Crippen molar-refractivity contribution in [1.82, 2.24) is 29.9 Å². The van der Waals surface area contributed by atoms with Crippen LogP contribution in [0.4, 0.5) is 0 Å². The van der Waals surface area contributed by atoms with Crippen molar-refractivity contribution in [2.45, 2.75) is 45.2 Å². The number of carbonyl (C=O) groups excluding carboxylic acids is 1. The number of hydrogen-bond acceptors (Lipinski definition) is 4. The number of piperidine rings is 1. The highest BCUT2D eigenvalue weighted by atomic mass is 16.2. The molecule has 2 N–H and O–H groups in total. The zero-order valence-corrected chi connectivity index (χ0v) is 12.7. The molecule has 1 atom stereocenters. The summed E-state index contributed by atoms with van der Waals surface area (Å²) in [6.07, 6.45) is 6.13. The van der Waals surface area contributed by atoms with Crippen molar-refractivity contribution < 1.29 is 4.79 Å². The van der Waals surface area contributed by atoms with Crippen molar-refractivity contribution in [3.8, 4) is 0 Å². The minimum absolute atomic E-state index is 0.0690. The molecule has 0 aliphatic carbocycles. The van der Waals surface area contributed by atoms with Crippen LogP contribution in [0.5, 0.6) is 0 Å². The molecule has 0 aromatic carbocycles. The van der Waals surface area contributed by atoms with Gasteiger partial charge in [0.15, 0.2) is 5.82 Å². The number of amides is 1. The molecule has 1 fully saturated rings. The third kappa shape index (κ3) is 2.68. The number of aromatic nitrogens is 5. The smallest absolute Gasteiger partial charge is 0.328 e. The number of hydrogen-bond donors (Lipinski definition) is 2. The van der Waals surface area contributed by atoms with Crippen molar-refractivity contribution in [2.24, 2.45) is 0 Å². The lowest BCUT2D eigenvalue weighted by Crippen LogP contribution is -2.39. The zero-order valence-electron chi connectivity index (χ0n) is 12.7. The van der Waals surface area contributed by atoms with Gasteiger partial charge >= 0.3 is 5.69 Å². The first-order valence-electron chi connectivity index (χ1n) is 7.56. The van der Waals surface area contributed by atoms with Gasteiger partial charge in [0.2, 0.25) is 0 Å². The van der Waals surface area contributed by atoms with Crippen LogP contribution in [-0.2, 0) is 0 Å². The Balaban J connectivity index is 1.86. The highest BCUT2D eigenvalue weighted by Crippen LogP contribution is 2.29. The van der Waals surface area contributed by atoms with Gasteiger partial charge in [0, 0.05) is 18.8 Å². The molecule has 8 heteroatoms. The Kier molecular flexibility index (Phi) is 3.82. The molecule has 1 aliphatic rings. The summed E-state index contributed by atoms with van der Waals surface area (Å²) in [5.74, 6) is 0.453. The lowest BCUT2D eigenvalue weighted by molar-refractivity contribution is 0.0600. The predicted molar refractivity (Wildman–Crippen MR) is 79.4 cm³/mol. The normalized spacial score (nSPS) is 18.9. The Morgan fingerprint density at radius 1 is 1.41 bits per heavy atom. The summed E-state index contributed by atoms with van der Waals surface area (Å²) in [5.41, 5.74) is 0.221. The Labute approximate surface area is 127 Å². The van der Waals surface area contributed by atoms with E-state index in [0.29, 0.717) is 17.9 Å². The van der Waals surface area contributed by atoms with Gasteiger partial charge in [-0.25, -0.2) is 9.89 Å². The van der Waals surface area contributed by atoms with Crippen molar-refractivity contribution in [3.05, 3.63) is 34.3 Å². The number of likely N-dealkylation sites (tertiary alicyclic amines) is 1. The first-order valence-corrected chi connectivity index (χ1v) is 7.56. The fraction of sp³-hybridized carbons (Fsp3) is 0.571. The summed E-state index contributed by atoms with van der Waals surface area (Å²) in [6.45, 7) is 4.68. The first-order chi connectivity index (χ1) is 10.6. The maximum Gasteiger partial charge on any atom is 0.340 e. The van der Waals surface area contributed by atoms with Gasteiger partial charge in [-0.05, 0) is 33.1 Å². The molecule has 1 amide bonds. The lowest BCUT2D eigenvalue weighted by Gasteiger charge is -2.34. The number of nitrogens with zero attached hydrogens (tertiary/aromatic N) is 4. The monoisotopic (exact) mass is 304 g/mol. The fourth-order valence-corrected chi connectivity index (χ4v) is 2.80. The third-order valence-corrected chi connectivity index (χ3v) is 3.98. The largest absolute Gasteiger partial charge is 0.340 e. The van der Waals surface area contributed by atoms with E-state index in [-0.39, 0.29) is 23.7 Å². The van der Waals surface area contributed by atoms with Crippen molar-refractivity contribution in [1.29, 1.82) is 0 Å². The van der Waals surface area contributed by atoms with E-state index in [4.69, 9.17) is 0 Å². The molecule has 1 saturated heterocycles. The van der Waals surface area contributed by atoms with E-state index in [1.54, 1.807) is 22.0 Å². The minimum atomic E-state index is -0.347. The van der Waals surface area contributed by atoms with Gasteiger partial charge in [-0.3, -0.25) is 14.5 Å².